The van der Waals surface area contributed by atoms with Gasteiger partial charge in [0.2, 0.25) is 0 Å². The second kappa shape index (κ2) is 3.54. The summed E-state index contributed by atoms with van der Waals surface area (Å²) in [4.78, 5) is 4.21. The summed E-state index contributed by atoms with van der Waals surface area (Å²) < 4.78 is 0. The van der Waals surface area contributed by atoms with Crippen LogP contribution in [-0.2, 0) is 0 Å². The van der Waals surface area contributed by atoms with Gasteiger partial charge in [-0.15, -0.1) is 0 Å². The van der Waals surface area contributed by atoms with E-state index in [-0.39, 0.29) is 5.54 Å². The summed E-state index contributed by atoms with van der Waals surface area (Å²) in [7, 11) is 0. The molecule has 0 bridgehead atoms. The standard InChI is InChI=1S/C12H15N3/c1-12(2,9-6-7-9)15-11-5-3-4-10(8-13)14-11/h3-5,9H,6-7H2,1-2H3,(H,14,15). The van der Waals surface area contributed by atoms with Crippen LogP contribution in [0.5, 0.6) is 0 Å². The van der Waals surface area contributed by atoms with Gasteiger partial charge in [-0.2, -0.15) is 5.26 Å². The van der Waals surface area contributed by atoms with Crippen LogP contribution < -0.4 is 5.32 Å². The summed E-state index contributed by atoms with van der Waals surface area (Å²) >= 11 is 0. The Morgan fingerprint density at radius 1 is 1.47 bits per heavy atom. The first kappa shape index (κ1) is 9.97. The number of nitriles is 1. The first-order valence-corrected chi connectivity index (χ1v) is 5.27. The number of anilines is 1. The van der Waals surface area contributed by atoms with Crippen LogP contribution in [0.15, 0.2) is 18.2 Å². The van der Waals surface area contributed by atoms with E-state index >= 15 is 0 Å². The van der Waals surface area contributed by atoms with E-state index in [9.17, 15) is 0 Å². The predicted octanol–water partition coefficient (Wildman–Crippen LogP) is 2.55. The minimum atomic E-state index is 0.0844. The minimum Gasteiger partial charge on any atom is -0.365 e. The van der Waals surface area contributed by atoms with Crippen molar-refractivity contribution in [3.63, 3.8) is 0 Å². The molecule has 0 aliphatic heterocycles. The average Bonchev–Trinajstić information content (AvgIpc) is 3.00. The molecule has 1 aliphatic carbocycles. The van der Waals surface area contributed by atoms with Gasteiger partial charge in [-0.3, -0.25) is 0 Å². The lowest BCUT2D eigenvalue weighted by atomic mass is 9.99. The van der Waals surface area contributed by atoms with E-state index in [1.165, 1.54) is 12.8 Å². The maximum atomic E-state index is 8.74. The van der Waals surface area contributed by atoms with Crippen molar-refractivity contribution in [2.24, 2.45) is 5.92 Å². The highest BCUT2D eigenvalue weighted by atomic mass is 15.1. The molecule has 0 saturated heterocycles. The number of pyridine rings is 1. The number of nitrogens with zero attached hydrogens (tertiary/aromatic N) is 2. The molecule has 0 unspecified atom stereocenters. The summed E-state index contributed by atoms with van der Waals surface area (Å²) in [6.45, 7) is 4.37. The van der Waals surface area contributed by atoms with Gasteiger partial charge in [-0.1, -0.05) is 6.07 Å². The second-order valence-electron chi connectivity index (χ2n) is 4.64. The number of nitrogens with one attached hydrogen (secondary N) is 1. The minimum absolute atomic E-state index is 0.0844. The smallest absolute Gasteiger partial charge is 0.142 e. The molecule has 0 aromatic carbocycles. The average molecular weight is 201 g/mol. The zero-order valence-corrected chi connectivity index (χ0v) is 9.12. The number of aromatic nitrogens is 1. The topological polar surface area (TPSA) is 48.7 Å². The van der Waals surface area contributed by atoms with Gasteiger partial charge in [-0.05, 0) is 44.7 Å². The van der Waals surface area contributed by atoms with Gasteiger partial charge in [0.05, 0.1) is 0 Å². The number of hydrogen-bond acceptors (Lipinski definition) is 3. The molecule has 78 valence electrons. The molecule has 0 amide bonds. The molecular weight excluding hydrogens is 186 g/mol. The molecule has 1 N–H and O–H groups in total. The Kier molecular flexibility index (Phi) is 2.36. The summed E-state index contributed by atoms with van der Waals surface area (Å²) in [5.41, 5.74) is 0.549. The van der Waals surface area contributed by atoms with Crippen LogP contribution in [0.3, 0.4) is 0 Å². The van der Waals surface area contributed by atoms with Crippen LogP contribution in [0, 0.1) is 17.2 Å². The summed E-state index contributed by atoms with van der Waals surface area (Å²) in [6.07, 6.45) is 2.58. The fourth-order valence-electron chi connectivity index (χ4n) is 1.80. The van der Waals surface area contributed by atoms with Crippen molar-refractivity contribution in [1.82, 2.24) is 4.98 Å². The molecule has 1 saturated carbocycles. The summed E-state index contributed by atoms with van der Waals surface area (Å²) in [6, 6.07) is 7.53. The maximum absolute atomic E-state index is 8.74. The van der Waals surface area contributed by atoms with Gasteiger partial charge in [0.15, 0.2) is 0 Å². The first-order valence-electron chi connectivity index (χ1n) is 5.27. The summed E-state index contributed by atoms with van der Waals surface area (Å²) in [5, 5.41) is 12.1. The van der Waals surface area contributed by atoms with E-state index in [1.807, 2.05) is 18.2 Å². The molecule has 1 fully saturated rings. The third-order valence-corrected chi connectivity index (χ3v) is 2.91. The molecule has 3 heteroatoms. The molecule has 0 spiro atoms. The second-order valence-corrected chi connectivity index (χ2v) is 4.64. The Morgan fingerprint density at radius 2 is 2.20 bits per heavy atom. The van der Waals surface area contributed by atoms with Crippen molar-refractivity contribution in [2.75, 3.05) is 5.32 Å². The molecule has 1 aliphatic rings. The number of rotatable bonds is 3. The Hall–Kier alpha value is -1.56. The predicted molar refractivity (Wildman–Crippen MR) is 59.4 cm³/mol. The van der Waals surface area contributed by atoms with E-state index in [0.717, 1.165) is 11.7 Å². The third-order valence-electron chi connectivity index (χ3n) is 2.91. The maximum Gasteiger partial charge on any atom is 0.142 e. The fraction of sp³-hybridized carbons (Fsp3) is 0.500. The molecule has 1 aromatic heterocycles. The van der Waals surface area contributed by atoms with Crippen molar-refractivity contribution in [3.8, 4) is 6.07 Å². The van der Waals surface area contributed by atoms with Gasteiger partial charge in [-0.25, -0.2) is 4.98 Å². The highest BCUT2D eigenvalue weighted by Crippen LogP contribution is 2.40. The molecule has 1 heterocycles. The van der Waals surface area contributed by atoms with Crippen LogP contribution in [0.4, 0.5) is 5.82 Å². The molecular formula is C12H15N3. The van der Waals surface area contributed by atoms with E-state index in [0.29, 0.717) is 5.69 Å². The lowest BCUT2D eigenvalue weighted by Gasteiger charge is -2.26. The van der Waals surface area contributed by atoms with Crippen molar-refractivity contribution in [1.29, 1.82) is 5.26 Å². The van der Waals surface area contributed by atoms with E-state index in [2.05, 4.69) is 24.1 Å². The lowest BCUT2D eigenvalue weighted by Crippen LogP contribution is -2.33. The Balaban J connectivity index is 2.13. The van der Waals surface area contributed by atoms with Gasteiger partial charge in [0.25, 0.3) is 0 Å². The third kappa shape index (κ3) is 2.27. The zero-order chi connectivity index (χ0) is 10.9. The zero-order valence-electron chi connectivity index (χ0n) is 9.12. The van der Waals surface area contributed by atoms with Crippen molar-refractivity contribution in [3.05, 3.63) is 23.9 Å². The van der Waals surface area contributed by atoms with Gasteiger partial charge in [0, 0.05) is 5.54 Å². The van der Waals surface area contributed by atoms with Crippen LogP contribution in [0.25, 0.3) is 0 Å². The lowest BCUT2D eigenvalue weighted by molar-refractivity contribution is 0.492. The monoisotopic (exact) mass is 201 g/mol. The van der Waals surface area contributed by atoms with Crippen LogP contribution >= 0.6 is 0 Å². The Labute approximate surface area is 90.1 Å². The van der Waals surface area contributed by atoms with Crippen molar-refractivity contribution in [2.45, 2.75) is 32.2 Å². The van der Waals surface area contributed by atoms with Crippen molar-refractivity contribution >= 4 is 5.82 Å². The normalized spacial score (nSPS) is 15.8. The number of hydrogen-bond donors (Lipinski definition) is 1. The largest absolute Gasteiger partial charge is 0.365 e. The van der Waals surface area contributed by atoms with Crippen LogP contribution in [0.1, 0.15) is 32.4 Å². The SMILES string of the molecule is CC(C)(Nc1cccc(C#N)n1)C1CC1. The van der Waals surface area contributed by atoms with E-state index in [4.69, 9.17) is 5.26 Å². The molecule has 0 radical (unpaired) electrons. The highest BCUT2D eigenvalue weighted by molar-refractivity contribution is 5.41. The highest BCUT2D eigenvalue weighted by Gasteiger charge is 2.37. The van der Waals surface area contributed by atoms with Gasteiger partial charge < -0.3 is 5.32 Å². The van der Waals surface area contributed by atoms with E-state index < -0.39 is 0 Å². The summed E-state index contributed by atoms with van der Waals surface area (Å²) in [5.74, 6) is 1.54. The quantitative estimate of drug-likeness (QED) is 0.817. The Bertz CT molecular complexity index is 400. The molecule has 2 rings (SSSR count). The molecule has 15 heavy (non-hydrogen) atoms. The van der Waals surface area contributed by atoms with Gasteiger partial charge >= 0.3 is 0 Å². The molecule has 3 nitrogen and oxygen atoms in total. The Morgan fingerprint density at radius 3 is 2.80 bits per heavy atom. The van der Waals surface area contributed by atoms with E-state index in [1.54, 1.807) is 6.07 Å². The molecule has 0 atom stereocenters. The van der Waals surface area contributed by atoms with Crippen molar-refractivity contribution < 1.29 is 0 Å². The van der Waals surface area contributed by atoms with Gasteiger partial charge in [0.1, 0.15) is 17.6 Å². The van der Waals surface area contributed by atoms with Crippen LogP contribution in [0.2, 0.25) is 0 Å². The van der Waals surface area contributed by atoms with Crippen LogP contribution in [-0.4, -0.2) is 10.5 Å². The fourth-order valence-corrected chi connectivity index (χ4v) is 1.80. The molecule has 1 aromatic rings. The first-order chi connectivity index (χ1) is 7.12.